The molecule has 0 bridgehead atoms. The van der Waals surface area contributed by atoms with Crippen molar-refractivity contribution in [3.05, 3.63) is 30.6 Å². The largest absolute Gasteiger partial charge is 0.256 e. The van der Waals surface area contributed by atoms with Crippen molar-refractivity contribution in [3.8, 4) is 0 Å². The first-order valence-corrected chi connectivity index (χ1v) is 3.95. The van der Waals surface area contributed by atoms with E-state index in [1.54, 1.807) is 16.7 Å². The van der Waals surface area contributed by atoms with Gasteiger partial charge in [0.1, 0.15) is 6.33 Å². The highest BCUT2D eigenvalue weighted by Crippen LogP contribution is 2.11. The minimum Gasteiger partial charge on any atom is -0.249 e. The van der Waals surface area contributed by atoms with E-state index in [-0.39, 0.29) is 0 Å². The molecule has 3 rings (SSSR count). The van der Waals surface area contributed by atoms with Crippen molar-refractivity contribution in [1.82, 2.24) is 24.6 Å². The zero-order valence-electron chi connectivity index (χ0n) is 6.92. The van der Waals surface area contributed by atoms with Crippen LogP contribution in [0.5, 0.6) is 0 Å². The van der Waals surface area contributed by atoms with Crippen molar-refractivity contribution in [3.63, 3.8) is 0 Å². The first kappa shape index (κ1) is 7.31. The maximum absolute atomic E-state index is 12.9. The van der Waals surface area contributed by atoms with Crippen molar-refractivity contribution in [2.45, 2.75) is 0 Å². The number of hydrogen-bond donors (Lipinski definition) is 0. The Morgan fingerprint density at radius 3 is 3.14 bits per heavy atom. The third-order valence-corrected chi connectivity index (χ3v) is 1.95. The van der Waals surface area contributed by atoms with E-state index in [1.165, 1.54) is 12.4 Å². The van der Waals surface area contributed by atoms with Gasteiger partial charge in [0.25, 0.3) is 5.78 Å². The standard InChI is InChI=1S/C8H4FN5/c9-6-2-1-5-3-10-8-13-11-4-14(8)7(5)12-6/h1-4H. The minimum absolute atomic E-state index is 0.413. The van der Waals surface area contributed by atoms with Crippen LogP contribution in [-0.4, -0.2) is 24.6 Å². The number of rotatable bonds is 0. The third kappa shape index (κ3) is 0.875. The summed E-state index contributed by atoms with van der Waals surface area (Å²) in [5.74, 6) is -0.116. The molecule has 5 nitrogen and oxygen atoms in total. The lowest BCUT2D eigenvalue weighted by Gasteiger charge is -1.98. The van der Waals surface area contributed by atoms with Crippen LogP contribution in [0.4, 0.5) is 4.39 Å². The van der Waals surface area contributed by atoms with Crippen LogP contribution in [0.15, 0.2) is 24.7 Å². The van der Waals surface area contributed by atoms with Gasteiger partial charge >= 0.3 is 0 Å². The molecule has 0 fully saturated rings. The molecular formula is C8H4FN5. The average Bonchev–Trinajstić information content (AvgIpc) is 2.65. The Balaban J connectivity index is 2.60. The molecule has 0 saturated heterocycles. The van der Waals surface area contributed by atoms with Gasteiger partial charge in [0.05, 0.1) is 0 Å². The molecule has 0 radical (unpaired) electrons. The van der Waals surface area contributed by atoms with Crippen molar-refractivity contribution in [1.29, 1.82) is 0 Å². The number of fused-ring (bicyclic) bond motifs is 3. The first-order valence-electron chi connectivity index (χ1n) is 3.95. The zero-order chi connectivity index (χ0) is 9.54. The van der Waals surface area contributed by atoms with E-state index in [0.717, 1.165) is 5.39 Å². The molecule has 0 unspecified atom stereocenters. The fourth-order valence-electron chi connectivity index (χ4n) is 1.32. The predicted octanol–water partition coefficient (Wildman–Crippen LogP) is 0.812. The van der Waals surface area contributed by atoms with E-state index in [0.29, 0.717) is 11.4 Å². The Hall–Kier alpha value is -2.11. The van der Waals surface area contributed by atoms with Crippen LogP contribution in [0.3, 0.4) is 0 Å². The second-order valence-electron chi connectivity index (χ2n) is 2.81. The van der Waals surface area contributed by atoms with E-state index in [2.05, 4.69) is 20.2 Å². The fraction of sp³-hybridized carbons (Fsp3) is 0. The van der Waals surface area contributed by atoms with E-state index in [4.69, 9.17) is 0 Å². The lowest BCUT2D eigenvalue weighted by molar-refractivity contribution is 0.587. The van der Waals surface area contributed by atoms with Gasteiger partial charge in [-0.3, -0.25) is 0 Å². The van der Waals surface area contributed by atoms with Crippen LogP contribution in [0, 0.1) is 5.95 Å². The molecule has 0 spiro atoms. The van der Waals surface area contributed by atoms with Crippen molar-refractivity contribution in [2.75, 3.05) is 0 Å². The maximum Gasteiger partial charge on any atom is 0.256 e. The van der Waals surface area contributed by atoms with Crippen LogP contribution in [-0.2, 0) is 0 Å². The normalized spacial score (nSPS) is 11.2. The van der Waals surface area contributed by atoms with Gasteiger partial charge in [-0.25, -0.2) is 14.4 Å². The molecule has 0 aliphatic rings. The summed E-state index contributed by atoms with van der Waals surface area (Å²) in [5, 5.41) is 8.16. The zero-order valence-corrected chi connectivity index (χ0v) is 6.92. The van der Waals surface area contributed by atoms with Crippen LogP contribution < -0.4 is 0 Å². The molecule has 14 heavy (non-hydrogen) atoms. The molecular weight excluding hydrogens is 185 g/mol. The Morgan fingerprint density at radius 1 is 1.29 bits per heavy atom. The summed E-state index contributed by atoms with van der Waals surface area (Å²) in [6.07, 6.45) is 3.04. The molecule has 0 atom stereocenters. The van der Waals surface area contributed by atoms with Gasteiger partial charge in [0.2, 0.25) is 5.95 Å². The van der Waals surface area contributed by atoms with Gasteiger partial charge in [0, 0.05) is 11.6 Å². The number of aromatic nitrogens is 5. The summed E-state index contributed by atoms with van der Waals surface area (Å²) in [4.78, 5) is 7.78. The predicted molar refractivity (Wildman–Crippen MR) is 46.0 cm³/mol. The molecule has 0 aliphatic carbocycles. The molecule has 0 aliphatic heterocycles. The van der Waals surface area contributed by atoms with Gasteiger partial charge in [-0.2, -0.15) is 4.39 Å². The Morgan fingerprint density at radius 2 is 2.21 bits per heavy atom. The van der Waals surface area contributed by atoms with Gasteiger partial charge < -0.3 is 0 Å². The van der Waals surface area contributed by atoms with E-state index < -0.39 is 5.95 Å². The second kappa shape index (κ2) is 2.44. The number of hydrogen-bond acceptors (Lipinski definition) is 4. The fourth-order valence-corrected chi connectivity index (χ4v) is 1.32. The van der Waals surface area contributed by atoms with Crippen LogP contribution in [0.25, 0.3) is 16.8 Å². The third-order valence-electron chi connectivity index (χ3n) is 1.95. The highest BCUT2D eigenvalue weighted by Gasteiger charge is 2.04. The molecule has 0 amide bonds. The summed E-state index contributed by atoms with van der Waals surface area (Å²) in [5.41, 5.74) is 0.472. The van der Waals surface area contributed by atoms with Crippen LogP contribution in [0.2, 0.25) is 0 Å². The summed E-state index contributed by atoms with van der Waals surface area (Å²) in [7, 11) is 0. The molecule has 3 aromatic heterocycles. The molecule has 3 aromatic rings. The van der Waals surface area contributed by atoms with E-state index in [1.807, 2.05) is 0 Å². The van der Waals surface area contributed by atoms with Crippen molar-refractivity contribution >= 4 is 16.8 Å². The SMILES string of the molecule is Fc1ccc2cnc3nncn3c2n1. The monoisotopic (exact) mass is 189 g/mol. The molecule has 6 heteroatoms. The summed E-state index contributed by atoms with van der Waals surface area (Å²) in [6.45, 7) is 0. The quantitative estimate of drug-likeness (QED) is 0.491. The topological polar surface area (TPSA) is 56.0 Å². The minimum atomic E-state index is -0.529. The van der Waals surface area contributed by atoms with E-state index >= 15 is 0 Å². The maximum atomic E-state index is 12.9. The average molecular weight is 189 g/mol. The smallest absolute Gasteiger partial charge is 0.249 e. The lowest BCUT2D eigenvalue weighted by Crippen LogP contribution is -1.94. The summed E-state index contributed by atoms with van der Waals surface area (Å²) in [6, 6.07) is 2.91. The van der Waals surface area contributed by atoms with Gasteiger partial charge in [-0.1, -0.05) is 0 Å². The lowest BCUT2D eigenvalue weighted by atomic mass is 10.3. The first-order chi connectivity index (χ1) is 6.84. The summed E-state index contributed by atoms with van der Waals surface area (Å²) < 4.78 is 14.4. The second-order valence-corrected chi connectivity index (χ2v) is 2.81. The highest BCUT2D eigenvalue weighted by atomic mass is 19.1. The Labute approximate surface area is 77.2 Å². The molecule has 0 N–H and O–H groups in total. The van der Waals surface area contributed by atoms with Crippen LogP contribution >= 0.6 is 0 Å². The summed E-state index contributed by atoms with van der Waals surface area (Å²) >= 11 is 0. The number of halogens is 1. The van der Waals surface area contributed by atoms with Crippen molar-refractivity contribution in [2.24, 2.45) is 0 Å². The number of nitrogens with zero attached hydrogens (tertiary/aromatic N) is 5. The molecule has 0 saturated carbocycles. The molecule has 0 aromatic carbocycles. The Kier molecular flexibility index (Phi) is 1.27. The molecule has 68 valence electrons. The number of pyridine rings is 1. The Bertz CT molecular complexity index is 617. The van der Waals surface area contributed by atoms with E-state index in [9.17, 15) is 4.39 Å². The van der Waals surface area contributed by atoms with Gasteiger partial charge in [-0.15, -0.1) is 10.2 Å². The molecule has 3 heterocycles. The highest BCUT2D eigenvalue weighted by molar-refractivity contribution is 5.75. The van der Waals surface area contributed by atoms with Gasteiger partial charge in [-0.05, 0) is 12.1 Å². The van der Waals surface area contributed by atoms with Gasteiger partial charge in [0.15, 0.2) is 5.65 Å². The van der Waals surface area contributed by atoms with Crippen LogP contribution in [0.1, 0.15) is 0 Å². The van der Waals surface area contributed by atoms with Crippen molar-refractivity contribution < 1.29 is 4.39 Å².